The summed E-state index contributed by atoms with van der Waals surface area (Å²) < 4.78 is 76.0. The predicted molar refractivity (Wildman–Crippen MR) is 167 cm³/mol. The van der Waals surface area contributed by atoms with Gasteiger partial charge in [0.1, 0.15) is 11.3 Å². The molecule has 1 aliphatic heterocycles. The maximum absolute atomic E-state index is 15.0. The van der Waals surface area contributed by atoms with Crippen LogP contribution in [0.2, 0.25) is 0 Å². The molecular weight excluding hydrogens is 645 g/mol. The molecule has 1 saturated heterocycles. The van der Waals surface area contributed by atoms with E-state index in [1.807, 2.05) is 0 Å². The second-order valence-corrected chi connectivity index (χ2v) is 13.0. The van der Waals surface area contributed by atoms with Crippen molar-refractivity contribution >= 4 is 39.5 Å². The van der Waals surface area contributed by atoms with Crippen LogP contribution in [0, 0.1) is 11.8 Å². The first-order valence-corrected chi connectivity index (χ1v) is 15.5. The number of thiophene rings is 1. The average Bonchev–Trinajstić information content (AvgIpc) is 3.58. The van der Waals surface area contributed by atoms with Gasteiger partial charge in [0, 0.05) is 49.2 Å². The van der Waals surface area contributed by atoms with Crippen molar-refractivity contribution in [2.45, 2.75) is 51.4 Å². The molecule has 3 aromatic heterocycles. The summed E-state index contributed by atoms with van der Waals surface area (Å²) in [5, 5.41) is 8.67. The zero-order chi connectivity index (χ0) is 33.9. The van der Waals surface area contributed by atoms with E-state index < -0.39 is 42.1 Å². The molecule has 10 nitrogen and oxygen atoms in total. The Morgan fingerprint density at radius 3 is 2.62 bits per heavy atom. The number of carbonyl (C=O) groups is 2. The number of halogens is 5. The van der Waals surface area contributed by atoms with Gasteiger partial charge in [0.25, 0.3) is 0 Å². The van der Waals surface area contributed by atoms with Gasteiger partial charge in [0.15, 0.2) is 5.82 Å². The Morgan fingerprint density at radius 2 is 1.91 bits per heavy atom. The van der Waals surface area contributed by atoms with Crippen molar-refractivity contribution in [3.8, 4) is 21.7 Å². The van der Waals surface area contributed by atoms with Crippen molar-refractivity contribution in [3.05, 3.63) is 60.1 Å². The van der Waals surface area contributed by atoms with Gasteiger partial charge in [0.2, 0.25) is 11.9 Å². The summed E-state index contributed by atoms with van der Waals surface area (Å²) in [6.07, 6.45) is -5.14. The first-order valence-electron chi connectivity index (χ1n) is 14.7. The maximum atomic E-state index is 15.0. The molecule has 0 spiro atoms. The molecule has 3 N–H and O–H groups in total. The number of ether oxygens (including phenoxy) is 1. The van der Waals surface area contributed by atoms with Gasteiger partial charge >= 0.3 is 18.3 Å². The normalized spacial score (nSPS) is 14.3. The van der Waals surface area contributed by atoms with Crippen LogP contribution >= 0.6 is 11.3 Å². The fourth-order valence-electron chi connectivity index (χ4n) is 5.11. The van der Waals surface area contributed by atoms with Gasteiger partial charge in [-0.1, -0.05) is 18.2 Å². The van der Waals surface area contributed by atoms with Crippen molar-refractivity contribution in [1.29, 1.82) is 0 Å². The highest BCUT2D eigenvalue weighted by Crippen LogP contribution is 2.41. The number of urea groups is 1. The standard InChI is InChI=1S/C31H32F5N7O3S/c1-30(2,3)46-29(45)41-19(14-31(34,35)36)11-18-15-39-24(33)13-21(18)20-6-4-5-17-12-23(47-26(17)20)25-22(32)16-40-27(42-25)37-7-9-43-10-8-38-28(43)44/h4-6,12-13,15-16,19H,7-11,14H2,1-3H3,(H,38,44)(H,41,45)(H,37,40,42). The smallest absolute Gasteiger partial charge is 0.407 e. The summed E-state index contributed by atoms with van der Waals surface area (Å²) in [7, 11) is 0. The zero-order valence-electron chi connectivity index (χ0n) is 25.7. The molecule has 5 rings (SSSR count). The van der Waals surface area contributed by atoms with E-state index in [9.17, 15) is 27.2 Å². The Hall–Kier alpha value is -4.60. The molecule has 1 fully saturated rings. The molecule has 4 aromatic rings. The highest BCUT2D eigenvalue weighted by atomic mass is 32.1. The number of pyridine rings is 1. The molecule has 0 saturated carbocycles. The zero-order valence-corrected chi connectivity index (χ0v) is 26.5. The summed E-state index contributed by atoms with van der Waals surface area (Å²) in [6.45, 7) is 6.64. The van der Waals surface area contributed by atoms with E-state index in [1.165, 1.54) is 11.3 Å². The van der Waals surface area contributed by atoms with Gasteiger partial charge < -0.3 is 25.6 Å². The number of alkyl halides is 3. The van der Waals surface area contributed by atoms with Crippen molar-refractivity contribution in [2.75, 3.05) is 31.5 Å². The maximum Gasteiger partial charge on any atom is 0.407 e. The van der Waals surface area contributed by atoms with E-state index >= 15 is 4.39 Å². The minimum absolute atomic E-state index is 0.0153. The largest absolute Gasteiger partial charge is 0.444 e. The third kappa shape index (κ3) is 8.81. The monoisotopic (exact) mass is 677 g/mol. The topological polar surface area (TPSA) is 121 Å². The molecule has 0 aliphatic carbocycles. The third-order valence-electron chi connectivity index (χ3n) is 7.04. The molecule has 0 bridgehead atoms. The third-order valence-corrected chi connectivity index (χ3v) is 8.23. The van der Waals surface area contributed by atoms with Crippen molar-refractivity contribution in [1.82, 2.24) is 30.5 Å². The number of anilines is 1. The van der Waals surface area contributed by atoms with Crippen LogP contribution in [0.1, 0.15) is 32.8 Å². The number of alkyl carbamates (subject to hydrolysis) is 1. The van der Waals surface area contributed by atoms with Gasteiger partial charge in [0.05, 0.1) is 17.5 Å². The predicted octanol–water partition coefficient (Wildman–Crippen LogP) is 6.52. The number of benzene rings is 1. The number of hydrogen-bond acceptors (Lipinski definition) is 8. The Kier molecular flexibility index (Phi) is 9.79. The van der Waals surface area contributed by atoms with E-state index in [0.29, 0.717) is 46.7 Å². The first kappa shape index (κ1) is 33.8. The summed E-state index contributed by atoms with van der Waals surface area (Å²) in [5.41, 5.74) is 0.0845. The molecule has 1 atom stereocenters. The molecular formula is C31H32F5N7O3S. The second-order valence-electron chi connectivity index (χ2n) is 11.9. The van der Waals surface area contributed by atoms with E-state index in [2.05, 4.69) is 30.9 Å². The number of amides is 3. The SMILES string of the molecule is CC(C)(C)OC(=O)NC(Cc1cnc(F)cc1-c1cccc2cc(-c3nc(NCCN4CCNC4=O)ncc3F)sc12)CC(F)(F)F. The molecule has 250 valence electrons. The quantitative estimate of drug-likeness (QED) is 0.129. The lowest BCUT2D eigenvalue weighted by Gasteiger charge is -2.25. The van der Waals surface area contributed by atoms with Gasteiger partial charge in [-0.05, 0) is 55.3 Å². The van der Waals surface area contributed by atoms with Crippen molar-refractivity contribution in [2.24, 2.45) is 0 Å². The molecule has 47 heavy (non-hydrogen) atoms. The fourth-order valence-corrected chi connectivity index (χ4v) is 6.29. The van der Waals surface area contributed by atoms with Crippen LogP contribution in [0.5, 0.6) is 0 Å². The van der Waals surface area contributed by atoms with Crippen molar-refractivity contribution in [3.63, 3.8) is 0 Å². The highest BCUT2D eigenvalue weighted by Gasteiger charge is 2.34. The fraction of sp³-hybridized carbons (Fsp3) is 0.387. The molecule has 1 aliphatic rings. The van der Waals surface area contributed by atoms with Crippen LogP contribution in [0.4, 0.5) is 37.5 Å². The number of hydrogen-bond donors (Lipinski definition) is 3. The molecule has 3 amide bonds. The minimum Gasteiger partial charge on any atom is -0.444 e. The summed E-state index contributed by atoms with van der Waals surface area (Å²) >= 11 is 1.17. The van der Waals surface area contributed by atoms with E-state index in [4.69, 9.17) is 4.74 Å². The second kappa shape index (κ2) is 13.6. The van der Waals surface area contributed by atoms with E-state index in [-0.39, 0.29) is 35.2 Å². The van der Waals surface area contributed by atoms with Crippen LogP contribution in [0.25, 0.3) is 31.8 Å². The molecule has 0 radical (unpaired) electrons. The Bertz CT molecular complexity index is 1780. The van der Waals surface area contributed by atoms with Crippen LogP contribution in [0.15, 0.2) is 42.7 Å². The Morgan fingerprint density at radius 1 is 1.13 bits per heavy atom. The number of nitrogens with one attached hydrogen (secondary N) is 3. The van der Waals surface area contributed by atoms with Gasteiger partial charge in [-0.3, -0.25) is 0 Å². The molecule has 1 aromatic carbocycles. The first-order chi connectivity index (χ1) is 22.1. The Labute approximate surface area is 270 Å². The average molecular weight is 678 g/mol. The van der Waals surface area contributed by atoms with E-state index in [0.717, 1.165) is 18.5 Å². The summed E-state index contributed by atoms with van der Waals surface area (Å²) in [4.78, 5) is 38.3. The van der Waals surface area contributed by atoms with Gasteiger partial charge in [-0.2, -0.15) is 17.6 Å². The molecule has 1 unspecified atom stereocenters. The summed E-state index contributed by atoms with van der Waals surface area (Å²) in [5.74, 6) is -1.37. The number of nitrogens with zero attached hydrogens (tertiary/aromatic N) is 4. The lowest BCUT2D eigenvalue weighted by atomic mass is 9.95. The summed E-state index contributed by atoms with van der Waals surface area (Å²) in [6, 6.07) is 6.37. The van der Waals surface area contributed by atoms with Crippen LogP contribution < -0.4 is 16.0 Å². The van der Waals surface area contributed by atoms with Crippen LogP contribution in [-0.2, 0) is 11.2 Å². The number of aromatic nitrogens is 3. The van der Waals surface area contributed by atoms with Gasteiger partial charge in [-0.15, -0.1) is 11.3 Å². The van der Waals surface area contributed by atoms with Crippen LogP contribution in [0.3, 0.4) is 0 Å². The lowest BCUT2D eigenvalue weighted by Crippen LogP contribution is -2.42. The molecule has 4 heterocycles. The number of carbonyl (C=O) groups excluding carboxylic acids is 2. The van der Waals surface area contributed by atoms with Crippen LogP contribution in [-0.4, -0.2) is 76.0 Å². The lowest BCUT2D eigenvalue weighted by molar-refractivity contribution is -0.139. The van der Waals surface area contributed by atoms with Gasteiger partial charge in [-0.25, -0.2) is 28.9 Å². The van der Waals surface area contributed by atoms with Crippen molar-refractivity contribution < 1.29 is 36.3 Å². The number of fused-ring (bicyclic) bond motifs is 1. The molecule has 16 heteroatoms. The highest BCUT2D eigenvalue weighted by molar-refractivity contribution is 7.22. The number of rotatable bonds is 10. The Balaban J connectivity index is 1.44. The minimum atomic E-state index is -4.62. The van der Waals surface area contributed by atoms with E-state index in [1.54, 1.807) is 49.9 Å².